The molecule has 0 fully saturated rings. The minimum atomic E-state index is -0.331. The fourth-order valence-electron chi connectivity index (χ4n) is 1.09. The molecule has 0 saturated carbocycles. The lowest BCUT2D eigenvalue weighted by Crippen LogP contribution is -2.06. The summed E-state index contributed by atoms with van der Waals surface area (Å²) in [6.07, 6.45) is 1.40. The molecule has 2 aromatic rings. The van der Waals surface area contributed by atoms with Crippen LogP contribution in [0, 0.1) is 0 Å². The van der Waals surface area contributed by atoms with Gasteiger partial charge < -0.3 is 10.5 Å². The zero-order valence-corrected chi connectivity index (χ0v) is 9.27. The topological polar surface area (TPSA) is 95.4 Å². The summed E-state index contributed by atoms with van der Waals surface area (Å²) in [7, 11) is 1.33. The molecule has 2 rings (SSSR count). The van der Waals surface area contributed by atoms with Crippen LogP contribution in [0.1, 0.15) is 0 Å². The van der Waals surface area contributed by atoms with E-state index in [2.05, 4.69) is 19.8 Å². The second-order valence-corrected chi connectivity index (χ2v) is 3.80. The maximum absolute atomic E-state index is 11.0. The summed E-state index contributed by atoms with van der Waals surface area (Å²) >= 11 is 1.20. The highest BCUT2D eigenvalue weighted by Gasteiger charge is 2.09. The number of methoxy groups -OCH3 is 1. The van der Waals surface area contributed by atoms with E-state index in [-0.39, 0.29) is 11.7 Å². The first-order valence-corrected chi connectivity index (χ1v) is 5.35. The minimum Gasteiger partial charge on any atom is -0.468 e. The number of aromatic nitrogens is 4. The Bertz CT molecular complexity index is 526. The number of thioether (sulfide) groups is 1. The molecule has 2 heterocycles. The second kappa shape index (κ2) is 4.35. The van der Waals surface area contributed by atoms with Crippen LogP contribution in [0.4, 0.5) is 5.82 Å². The van der Waals surface area contributed by atoms with Crippen LogP contribution >= 0.6 is 11.8 Å². The number of carbonyl (C=O) groups excluding carboxylic acids is 1. The third-order valence-electron chi connectivity index (χ3n) is 1.80. The van der Waals surface area contributed by atoms with Crippen molar-refractivity contribution in [1.82, 2.24) is 19.6 Å². The van der Waals surface area contributed by atoms with Crippen molar-refractivity contribution in [1.29, 1.82) is 0 Å². The van der Waals surface area contributed by atoms with Crippen molar-refractivity contribution < 1.29 is 9.53 Å². The minimum absolute atomic E-state index is 0.155. The van der Waals surface area contributed by atoms with Crippen LogP contribution in [0.25, 0.3) is 5.65 Å². The Kier molecular flexibility index (Phi) is 2.91. The maximum Gasteiger partial charge on any atom is 0.316 e. The van der Waals surface area contributed by atoms with E-state index >= 15 is 0 Å². The number of rotatable bonds is 3. The molecule has 0 atom stereocenters. The third kappa shape index (κ3) is 2.06. The summed E-state index contributed by atoms with van der Waals surface area (Å²) in [5.41, 5.74) is 6.20. The van der Waals surface area contributed by atoms with E-state index < -0.39 is 0 Å². The Balaban J connectivity index is 2.28. The van der Waals surface area contributed by atoms with Crippen LogP contribution in [-0.2, 0) is 9.53 Å². The van der Waals surface area contributed by atoms with Crippen molar-refractivity contribution in [3.63, 3.8) is 0 Å². The third-order valence-corrected chi connectivity index (χ3v) is 2.71. The standard InChI is InChI=1S/C8H9N5O2S/c1-15-7(14)3-16-8-12-5(9)2-6-10-4-11-13(6)8/h2,4H,3,9H2,1H3. The highest BCUT2D eigenvalue weighted by molar-refractivity contribution is 7.99. The Morgan fingerprint density at radius 1 is 1.69 bits per heavy atom. The number of hydrogen-bond acceptors (Lipinski definition) is 7. The number of nitrogen functional groups attached to an aromatic ring is 1. The van der Waals surface area contributed by atoms with E-state index in [9.17, 15) is 4.79 Å². The van der Waals surface area contributed by atoms with Crippen molar-refractivity contribution in [3.05, 3.63) is 12.4 Å². The lowest BCUT2D eigenvalue weighted by atomic mass is 10.6. The molecular weight excluding hydrogens is 230 g/mol. The molecule has 0 aliphatic rings. The van der Waals surface area contributed by atoms with Crippen molar-refractivity contribution >= 4 is 29.2 Å². The Morgan fingerprint density at radius 2 is 2.50 bits per heavy atom. The van der Waals surface area contributed by atoms with Gasteiger partial charge in [-0.05, 0) is 0 Å². The van der Waals surface area contributed by atoms with E-state index in [0.717, 1.165) is 0 Å². The normalized spacial score (nSPS) is 10.6. The van der Waals surface area contributed by atoms with Crippen LogP contribution in [0.5, 0.6) is 0 Å². The molecule has 0 saturated heterocycles. The first kappa shape index (κ1) is 10.7. The van der Waals surface area contributed by atoms with Gasteiger partial charge in [0.25, 0.3) is 0 Å². The molecule has 0 radical (unpaired) electrons. The van der Waals surface area contributed by atoms with Gasteiger partial charge in [-0.25, -0.2) is 9.97 Å². The first-order chi connectivity index (χ1) is 7.70. The highest BCUT2D eigenvalue weighted by Crippen LogP contribution is 2.17. The zero-order chi connectivity index (χ0) is 11.5. The maximum atomic E-state index is 11.0. The highest BCUT2D eigenvalue weighted by atomic mass is 32.2. The molecule has 84 valence electrons. The molecule has 0 bridgehead atoms. The molecule has 0 aliphatic carbocycles. The van der Waals surface area contributed by atoms with Gasteiger partial charge in [-0.1, -0.05) is 11.8 Å². The summed E-state index contributed by atoms with van der Waals surface area (Å²) in [5.74, 6) is 0.164. The number of hydrogen-bond donors (Lipinski definition) is 1. The average Bonchev–Trinajstić information content (AvgIpc) is 2.73. The SMILES string of the molecule is COC(=O)CSc1nc(N)cc2ncnn12. The fraction of sp³-hybridized carbons (Fsp3) is 0.250. The lowest BCUT2D eigenvalue weighted by Gasteiger charge is -2.03. The largest absolute Gasteiger partial charge is 0.468 e. The number of nitrogens with zero attached hydrogens (tertiary/aromatic N) is 4. The quantitative estimate of drug-likeness (QED) is 0.456. The second-order valence-electron chi connectivity index (χ2n) is 2.86. The molecule has 0 unspecified atom stereocenters. The number of nitrogens with two attached hydrogens (primary N) is 1. The van der Waals surface area contributed by atoms with Crippen LogP contribution in [0.2, 0.25) is 0 Å². The number of ether oxygens (including phenoxy) is 1. The van der Waals surface area contributed by atoms with Gasteiger partial charge >= 0.3 is 5.97 Å². The van der Waals surface area contributed by atoms with E-state index in [1.165, 1.54) is 29.7 Å². The number of fused-ring (bicyclic) bond motifs is 1. The van der Waals surface area contributed by atoms with Gasteiger partial charge in [-0.15, -0.1) is 0 Å². The Morgan fingerprint density at radius 3 is 3.25 bits per heavy atom. The van der Waals surface area contributed by atoms with Gasteiger partial charge in [0, 0.05) is 6.07 Å². The molecule has 16 heavy (non-hydrogen) atoms. The zero-order valence-electron chi connectivity index (χ0n) is 8.45. The van der Waals surface area contributed by atoms with Gasteiger partial charge in [-0.2, -0.15) is 9.61 Å². The monoisotopic (exact) mass is 239 g/mol. The summed E-state index contributed by atoms with van der Waals surface area (Å²) < 4.78 is 6.05. The summed E-state index contributed by atoms with van der Waals surface area (Å²) in [4.78, 5) is 19.1. The average molecular weight is 239 g/mol. The molecule has 0 aromatic carbocycles. The summed E-state index contributed by atoms with van der Waals surface area (Å²) in [6, 6.07) is 1.61. The predicted molar refractivity (Wildman–Crippen MR) is 57.9 cm³/mol. The number of esters is 1. The number of anilines is 1. The molecule has 7 nitrogen and oxygen atoms in total. The van der Waals surface area contributed by atoms with Crippen molar-refractivity contribution in [2.75, 3.05) is 18.6 Å². The lowest BCUT2D eigenvalue weighted by molar-refractivity contribution is -0.137. The molecule has 8 heteroatoms. The van der Waals surface area contributed by atoms with Crippen LogP contribution in [0.15, 0.2) is 17.6 Å². The van der Waals surface area contributed by atoms with Crippen LogP contribution < -0.4 is 5.73 Å². The van der Waals surface area contributed by atoms with Crippen LogP contribution in [0.3, 0.4) is 0 Å². The van der Waals surface area contributed by atoms with E-state index in [1.807, 2.05) is 0 Å². The first-order valence-electron chi connectivity index (χ1n) is 4.36. The van der Waals surface area contributed by atoms with Crippen molar-refractivity contribution in [3.8, 4) is 0 Å². The van der Waals surface area contributed by atoms with Gasteiger partial charge in [0.1, 0.15) is 12.1 Å². The Labute approximate surface area is 95.0 Å². The van der Waals surface area contributed by atoms with E-state index in [0.29, 0.717) is 16.6 Å². The van der Waals surface area contributed by atoms with Crippen molar-refractivity contribution in [2.24, 2.45) is 0 Å². The van der Waals surface area contributed by atoms with E-state index in [1.54, 1.807) is 6.07 Å². The molecule has 0 aliphatic heterocycles. The van der Waals surface area contributed by atoms with Crippen LogP contribution in [-0.4, -0.2) is 38.4 Å². The summed E-state index contributed by atoms with van der Waals surface area (Å²) in [6.45, 7) is 0. The van der Waals surface area contributed by atoms with Gasteiger partial charge in [0.15, 0.2) is 10.8 Å². The van der Waals surface area contributed by atoms with E-state index in [4.69, 9.17) is 5.73 Å². The molecule has 0 spiro atoms. The number of carbonyl (C=O) groups is 1. The molecule has 2 aromatic heterocycles. The molecule has 0 amide bonds. The molecular formula is C8H9N5O2S. The fourth-order valence-corrected chi connectivity index (χ4v) is 1.89. The molecule has 2 N–H and O–H groups in total. The smallest absolute Gasteiger partial charge is 0.316 e. The summed E-state index contributed by atoms with van der Waals surface area (Å²) in [5, 5.41) is 4.49. The Hall–Kier alpha value is -1.83. The van der Waals surface area contributed by atoms with Gasteiger partial charge in [0.2, 0.25) is 0 Å². The van der Waals surface area contributed by atoms with Crippen molar-refractivity contribution in [2.45, 2.75) is 5.16 Å². The van der Waals surface area contributed by atoms with Gasteiger partial charge in [0.05, 0.1) is 12.9 Å². The predicted octanol–water partition coefficient (Wildman–Crippen LogP) is -0.0284. The van der Waals surface area contributed by atoms with Gasteiger partial charge in [-0.3, -0.25) is 4.79 Å².